The molecule has 0 radical (unpaired) electrons. The van der Waals surface area contributed by atoms with Crippen molar-refractivity contribution in [2.45, 2.75) is 66.7 Å². The highest BCUT2D eigenvalue weighted by atomic mass is 14.2. The topological polar surface area (TPSA) is 0 Å². The first-order valence-electron chi connectivity index (χ1n) is 6.02. The van der Waals surface area contributed by atoms with E-state index in [0.717, 1.165) is 5.92 Å². The van der Waals surface area contributed by atoms with E-state index in [1.807, 2.05) is 0 Å². The summed E-state index contributed by atoms with van der Waals surface area (Å²) in [6, 6.07) is 0. The lowest BCUT2D eigenvalue weighted by Gasteiger charge is -2.19. The summed E-state index contributed by atoms with van der Waals surface area (Å²) >= 11 is 0. The third-order valence-electron chi connectivity index (χ3n) is 2.92. The van der Waals surface area contributed by atoms with E-state index in [9.17, 15) is 0 Å². The van der Waals surface area contributed by atoms with Crippen LogP contribution in [0, 0.1) is 11.3 Å². The predicted molar refractivity (Wildman–Crippen MR) is 66.5 cm³/mol. The van der Waals surface area contributed by atoms with E-state index in [-0.39, 0.29) is 0 Å². The molecule has 0 bridgehead atoms. The Hall–Kier alpha value is -0.260. The maximum atomic E-state index is 4.16. The van der Waals surface area contributed by atoms with Gasteiger partial charge in [-0.05, 0) is 37.0 Å². The summed E-state index contributed by atoms with van der Waals surface area (Å²) in [5, 5.41) is 0. The normalized spacial score (nSPS) is 14.1. The smallest absolute Gasteiger partial charge is 0.0318 e. The lowest BCUT2D eigenvalue weighted by atomic mass is 9.87. The highest BCUT2D eigenvalue weighted by molar-refractivity contribution is 4.94. The van der Waals surface area contributed by atoms with Gasteiger partial charge in [0.1, 0.15) is 0 Å². The molecule has 0 aliphatic rings. The van der Waals surface area contributed by atoms with Gasteiger partial charge in [0.2, 0.25) is 0 Å². The fourth-order valence-electron chi connectivity index (χ4n) is 1.33. The van der Waals surface area contributed by atoms with Gasteiger partial charge in [-0.3, -0.25) is 0 Å². The van der Waals surface area contributed by atoms with Gasteiger partial charge in [-0.15, -0.1) is 0 Å². The third-order valence-corrected chi connectivity index (χ3v) is 2.92. The number of hydrogen-bond acceptors (Lipinski definition) is 0. The van der Waals surface area contributed by atoms with Crippen LogP contribution in [0.5, 0.6) is 0 Å². The minimum Gasteiger partial charge on any atom is -0.0999 e. The van der Waals surface area contributed by atoms with Crippen LogP contribution in [0.3, 0.4) is 0 Å². The molecular weight excluding hydrogens is 168 g/mol. The highest BCUT2D eigenvalue weighted by Crippen LogP contribution is 2.25. The molecule has 0 aromatic carbocycles. The third kappa shape index (κ3) is 8.34. The Labute approximate surface area is 90.8 Å². The molecule has 0 saturated carbocycles. The number of rotatable bonds is 6. The molecule has 0 fully saturated rings. The first-order valence-corrected chi connectivity index (χ1v) is 6.02. The Bertz CT molecular complexity index is 159. The Balaban J connectivity index is 3.57. The Morgan fingerprint density at radius 2 is 1.79 bits per heavy atom. The van der Waals surface area contributed by atoms with Gasteiger partial charge in [0.25, 0.3) is 0 Å². The lowest BCUT2D eigenvalue weighted by molar-refractivity contribution is 0.374. The molecule has 1 atom stereocenters. The predicted octanol–water partition coefficient (Wildman–Crippen LogP) is 5.20. The summed E-state index contributed by atoms with van der Waals surface area (Å²) in [5.41, 5.74) is 1.90. The molecule has 0 aromatic rings. The van der Waals surface area contributed by atoms with Crippen molar-refractivity contribution in [3.05, 3.63) is 12.2 Å². The van der Waals surface area contributed by atoms with Gasteiger partial charge in [-0.1, -0.05) is 53.2 Å². The SMILES string of the molecule is C=C(CCC(C)CC)CCC(C)(C)C. The Morgan fingerprint density at radius 1 is 1.21 bits per heavy atom. The van der Waals surface area contributed by atoms with Crippen LogP contribution in [0.15, 0.2) is 12.2 Å². The minimum atomic E-state index is 0.458. The molecule has 1 unspecified atom stereocenters. The molecule has 0 rings (SSSR count). The first kappa shape index (κ1) is 13.7. The van der Waals surface area contributed by atoms with Crippen molar-refractivity contribution in [3.63, 3.8) is 0 Å². The molecule has 0 saturated heterocycles. The van der Waals surface area contributed by atoms with Crippen LogP contribution in [0.2, 0.25) is 0 Å². The Morgan fingerprint density at radius 3 is 2.21 bits per heavy atom. The molecule has 0 aliphatic heterocycles. The highest BCUT2D eigenvalue weighted by Gasteiger charge is 2.10. The van der Waals surface area contributed by atoms with Gasteiger partial charge in [-0.2, -0.15) is 0 Å². The van der Waals surface area contributed by atoms with E-state index in [0.29, 0.717) is 5.41 Å². The van der Waals surface area contributed by atoms with Gasteiger partial charge >= 0.3 is 0 Å². The maximum absolute atomic E-state index is 4.16. The van der Waals surface area contributed by atoms with Gasteiger partial charge in [0.05, 0.1) is 0 Å². The summed E-state index contributed by atoms with van der Waals surface area (Å²) in [6.07, 6.45) is 6.32. The largest absolute Gasteiger partial charge is 0.0999 e. The molecule has 0 spiro atoms. The second kappa shape index (κ2) is 6.27. The molecule has 0 heteroatoms. The maximum Gasteiger partial charge on any atom is -0.0318 e. The van der Waals surface area contributed by atoms with Crippen molar-refractivity contribution in [3.8, 4) is 0 Å². The molecule has 14 heavy (non-hydrogen) atoms. The quantitative estimate of drug-likeness (QED) is 0.512. The van der Waals surface area contributed by atoms with Gasteiger partial charge < -0.3 is 0 Å². The lowest BCUT2D eigenvalue weighted by Crippen LogP contribution is -2.05. The van der Waals surface area contributed by atoms with E-state index >= 15 is 0 Å². The molecule has 0 heterocycles. The summed E-state index contributed by atoms with van der Waals surface area (Å²) in [4.78, 5) is 0. The van der Waals surface area contributed by atoms with Crippen LogP contribution in [0.1, 0.15) is 66.7 Å². The second-order valence-electron chi connectivity index (χ2n) is 5.86. The average molecular weight is 196 g/mol. The van der Waals surface area contributed by atoms with Crippen LogP contribution in [-0.2, 0) is 0 Å². The zero-order valence-corrected chi connectivity index (χ0v) is 10.8. The monoisotopic (exact) mass is 196 g/mol. The van der Waals surface area contributed by atoms with Crippen molar-refractivity contribution in [2.24, 2.45) is 11.3 Å². The summed E-state index contributed by atoms with van der Waals surface area (Å²) in [6.45, 7) is 15.7. The molecule has 0 aromatic heterocycles. The van der Waals surface area contributed by atoms with Crippen LogP contribution in [0.25, 0.3) is 0 Å². The summed E-state index contributed by atoms with van der Waals surface area (Å²) in [7, 11) is 0. The van der Waals surface area contributed by atoms with E-state index in [4.69, 9.17) is 0 Å². The fourth-order valence-corrected chi connectivity index (χ4v) is 1.33. The molecule has 84 valence electrons. The number of hydrogen-bond donors (Lipinski definition) is 0. The van der Waals surface area contributed by atoms with E-state index in [1.54, 1.807) is 0 Å². The van der Waals surface area contributed by atoms with Crippen molar-refractivity contribution >= 4 is 0 Å². The van der Waals surface area contributed by atoms with Gasteiger partial charge in [0, 0.05) is 0 Å². The van der Waals surface area contributed by atoms with Crippen LogP contribution in [-0.4, -0.2) is 0 Å². The molecular formula is C14H28. The average Bonchev–Trinajstić information content (AvgIpc) is 2.09. The standard InChI is InChI=1S/C14H28/c1-7-12(2)8-9-13(3)10-11-14(4,5)6/h12H,3,7-11H2,1-2,4-6H3. The van der Waals surface area contributed by atoms with Crippen molar-refractivity contribution in [1.82, 2.24) is 0 Å². The van der Waals surface area contributed by atoms with Crippen LogP contribution >= 0.6 is 0 Å². The minimum absolute atomic E-state index is 0.458. The van der Waals surface area contributed by atoms with Crippen LogP contribution < -0.4 is 0 Å². The van der Waals surface area contributed by atoms with E-state index in [1.165, 1.54) is 37.7 Å². The fraction of sp³-hybridized carbons (Fsp3) is 0.857. The van der Waals surface area contributed by atoms with E-state index in [2.05, 4.69) is 41.2 Å². The molecule has 0 amide bonds. The van der Waals surface area contributed by atoms with Crippen molar-refractivity contribution in [2.75, 3.05) is 0 Å². The zero-order valence-electron chi connectivity index (χ0n) is 10.8. The van der Waals surface area contributed by atoms with Crippen molar-refractivity contribution in [1.29, 1.82) is 0 Å². The zero-order chi connectivity index (χ0) is 11.2. The van der Waals surface area contributed by atoms with Crippen LogP contribution in [0.4, 0.5) is 0 Å². The molecule has 0 N–H and O–H groups in total. The molecule has 0 aliphatic carbocycles. The van der Waals surface area contributed by atoms with Gasteiger partial charge in [0.15, 0.2) is 0 Å². The van der Waals surface area contributed by atoms with Crippen molar-refractivity contribution < 1.29 is 0 Å². The first-order chi connectivity index (χ1) is 6.35. The Kier molecular flexibility index (Phi) is 6.15. The summed E-state index contributed by atoms with van der Waals surface area (Å²) < 4.78 is 0. The molecule has 0 nitrogen and oxygen atoms in total. The second-order valence-corrected chi connectivity index (χ2v) is 5.86. The number of allylic oxidation sites excluding steroid dienone is 1. The van der Waals surface area contributed by atoms with Gasteiger partial charge in [-0.25, -0.2) is 0 Å². The summed E-state index contributed by atoms with van der Waals surface area (Å²) in [5.74, 6) is 0.862. The van der Waals surface area contributed by atoms with E-state index < -0.39 is 0 Å².